The lowest BCUT2D eigenvalue weighted by Crippen LogP contribution is -2.26. The van der Waals surface area contributed by atoms with Crippen LogP contribution in [-0.4, -0.2) is 36.9 Å². The van der Waals surface area contributed by atoms with Crippen molar-refractivity contribution in [2.24, 2.45) is 0 Å². The molecule has 29 heavy (non-hydrogen) atoms. The summed E-state index contributed by atoms with van der Waals surface area (Å²) in [5, 5.41) is 21.2. The van der Waals surface area contributed by atoms with Crippen LogP contribution in [0.3, 0.4) is 0 Å². The van der Waals surface area contributed by atoms with E-state index in [4.69, 9.17) is 15.2 Å². The maximum Gasteiger partial charge on any atom is 0.273 e. The lowest BCUT2D eigenvalue weighted by Gasteiger charge is -2.15. The molecule has 0 radical (unpaired) electrons. The molecule has 0 saturated carbocycles. The molecule has 3 N–H and O–H groups in total. The third-order valence-corrected chi connectivity index (χ3v) is 4.52. The van der Waals surface area contributed by atoms with Crippen molar-refractivity contribution in [2.75, 3.05) is 26.5 Å². The van der Waals surface area contributed by atoms with Crippen LogP contribution in [0.5, 0.6) is 11.5 Å². The van der Waals surface area contributed by atoms with Crippen LogP contribution in [0.1, 0.15) is 29.4 Å². The Morgan fingerprint density at radius 2 is 2.00 bits per heavy atom. The van der Waals surface area contributed by atoms with Crippen molar-refractivity contribution in [2.45, 2.75) is 13.3 Å². The molecule has 8 heteroatoms. The zero-order valence-electron chi connectivity index (χ0n) is 16.4. The molecule has 148 valence electrons. The molecule has 1 amide bonds. The number of nitrogens with one attached hydrogen (secondary N) is 1. The number of fused-ring (bicyclic) bond motifs is 1. The van der Waals surface area contributed by atoms with Crippen molar-refractivity contribution < 1.29 is 14.3 Å². The van der Waals surface area contributed by atoms with Crippen LogP contribution in [0.2, 0.25) is 0 Å². The first-order chi connectivity index (χ1) is 14.0. The second-order valence-electron chi connectivity index (χ2n) is 6.28. The molecule has 0 saturated heterocycles. The average molecular weight is 391 g/mol. The molecular weight excluding hydrogens is 370 g/mol. The van der Waals surface area contributed by atoms with Crippen molar-refractivity contribution in [1.82, 2.24) is 15.5 Å². The van der Waals surface area contributed by atoms with E-state index in [1.165, 1.54) is 7.11 Å². The average Bonchev–Trinajstić information content (AvgIpc) is 2.76. The van der Waals surface area contributed by atoms with Gasteiger partial charge in [-0.1, -0.05) is 6.92 Å². The van der Waals surface area contributed by atoms with E-state index in [2.05, 4.69) is 21.6 Å². The van der Waals surface area contributed by atoms with Gasteiger partial charge >= 0.3 is 0 Å². The summed E-state index contributed by atoms with van der Waals surface area (Å²) in [6, 6.07) is 10.8. The van der Waals surface area contributed by atoms with Gasteiger partial charge < -0.3 is 20.5 Å². The summed E-state index contributed by atoms with van der Waals surface area (Å²) in [6.45, 7) is 2.47. The fourth-order valence-corrected chi connectivity index (χ4v) is 3.05. The van der Waals surface area contributed by atoms with Gasteiger partial charge in [-0.05, 0) is 30.7 Å². The molecule has 0 aliphatic rings. The highest BCUT2D eigenvalue weighted by molar-refractivity contribution is 6.08. The van der Waals surface area contributed by atoms with Crippen molar-refractivity contribution in [3.05, 3.63) is 41.6 Å². The number of hydrogen-bond donors (Lipinski definition) is 2. The van der Waals surface area contributed by atoms with Crippen molar-refractivity contribution in [3.8, 4) is 28.7 Å². The summed E-state index contributed by atoms with van der Waals surface area (Å²) in [4.78, 5) is 12.3. The Morgan fingerprint density at radius 1 is 1.21 bits per heavy atom. The number of nitrogens with two attached hydrogens (primary N) is 1. The van der Waals surface area contributed by atoms with Gasteiger partial charge in [0.25, 0.3) is 5.91 Å². The van der Waals surface area contributed by atoms with Crippen LogP contribution in [-0.2, 0) is 0 Å². The summed E-state index contributed by atoms with van der Waals surface area (Å²) in [6.07, 6.45) is 0.791. The minimum atomic E-state index is -0.383. The van der Waals surface area contributed by atoms with E-state index >= 15 is 0 Å². The number of aromatic nitrogens is 2. The van der Waals surface area contributed by atoms with Crippen molar-refractivity contribution in [1.29, 1.82) is 5.26 Å². The second kappa shape index (κ2) is 8.44. The molecule has 1 aromatic heterocycles. The minimum Gasteiger partial charge on any atom is -0.497 e. The van der Waals surface area contributed by atoms with Gasteiger partial charge in [0.05, 0.1) is 31.5 Å². The van der Waals surface area contributed by atoms with E-state index in [1.807, 2.05) is 6.92 Å². The number of rotatable bonds is 6. The number of methoxy groups -OCH3 is 2. The summed E-state index contributed by atoms with van der Waals surface area (Å²) >= 11 is 0. The number of hydrogen-bond acceptors (Lipinski definition) is 7. The normalized spacial score (nSPS) is 10.4. The zero-order chi connectivity index (χ0) is 21.0. The quantitative estimate of drug-likeness (QED) is 0.662. The van der Waals surface area contributed by atoms with E-state index in [0.717, 1.165) is 6.42 Å². The highest BCUT2D eigenvalue weighted by Gasteiger charge is 2.21. The second-order valence-corrected chi connectivity index (χ2v) is 6.28. The van der Waals surface area contributed by atoms with Gasteiger partial charge in [-0.15, -0.1) is 10.2 Å². The Bertz CT molecular complexity index is 1120. The molecule has 1 heterocycles. The van der Waals surface area contributed by atoms with Crippen molar-refractivity contribution in [3.63, 3.8) is 0 Å². The third-order valence-electron chi connectivity index (χ3n) is 4.52. The summed E-state index contributed by atoms with van der Waals surface area (Å²) < 4.78 is 10.7. The number of carbonyl (C=O) groups is 1. The molecule has 2 aromatic carbocycles. The maximum atomic E-state index is 12.3. The fourth-order valence-electron chi connectivity index (χ4n) is 3.05. The first kappa shape index (κ1) is 19.9. The Labute approximate surface area is 168 Å². The van der Waals surface area contributed by atoms with E-state index in [-0.39, 0.29) is 17.3 Å². The van der Waals surface area contributed by atoms with E-state index < -0.39 is 0 Å². The molecule has 0 atom stereocenters. The van der Waals surface area contributed by atoms with Crippen LogP contribution in [0.15, 0.2) is 30.3 Å². The van der Waals surface area contributed by atoms with E-state index in [1.54, 1.807) is 37.4 Å². The molecule has 0 aliphatic heterocycles. The SMILES string of the molecule is CCCNC(=O)c1nnc2c(-c3ccc(OC)cc3OC)c(C#N)ccc2c1N. The molecule has 0 fully saturated rings. The number of benzene rings is 2. The lowest BCUT2D eigenvalue weighted by molar-refractivity contribution is 0.0949. The number of anilines is 1. The highest BCUT2D eigenvalue weighted by Crippen LogP contribution is 2.39. The number of carbonyl (C=O) groups excluding carboxylic acids is 1. The molecule has 0 aliphatic carbocycles. The van der Waals surface area contributed by atoms with Gasteiger partial charge in [0.2, 0.25) is 0 Å². The number of nitrogen functional groups attached to an aromatic ring is 1. The molecule has 0 bridgehead atoms. The van der Waals surface area contributed by atoms with Gasteiger partial charge in [0, 0.05) is 29.1 Å². The number of amides is 1. The fraction of sp³-hybridized carbons (Fsp3) is 0.238. The topological polar surface area (TPSA) is 123 Å². The third kappa shape index (κ3) is 3.62. The molecule has 0 unspecified atom stereocenters. The maximum absolute atomic E-state index is 12.3. The summed E-state index contributed by atoms with van der Waals surface area (Å²) in [5.41, 5.74) is 8.50. The Morgan fingerprint density at radius 3 is 2.66 bits per heavy atom. The van der Waals surface area contributed by atoms with Crippen LogP contribution >= 0.6 is 0 Å². The predicted molar refractivity (Wildman–Crippen MR) is 110 cm³/mol. The Kier molecular flexibility index (Phi) is 5.79. The van der Waals surface area contributed by atoms with Gasteiger partial charge in [-0.3, -0.25) is 4.79 Å². The monoisotopic (exact) mass is 391 g/mol. The molecule has 0 spiro atoms. The molecule has 3 rings (SSSR count). The van der Waals surface area contributed by atoms with Crippen molar-refractivity contribution >= 4 is 22.5 Å². The van der Waals surface area contributed by atoms with Crippen LogP contribution in [0, 0.1) is 11.3 Å². The molecule has 3 aromatic rings. The molecular formula is C21H21N5O3. The smallest absolute Gasteiger partial charge is 0.273 e. The largest absolute Gasteiger partial charge is 0.497 e. The minimum absolute atomic E-state index is 0.0586. The van der Waals surface area contributed by atoms with E-state index in [0.29, 0.717) is 45.6 Å². The van der Waals surface area contributed by atoms with E-state index in [9.17, 15) is 10.1 Å². The predicted octanol–water partition coefficient (Wildman–Crippen LogP) is 2.91. The van der Waals surface area contributed by atoms with Gasteiger partial charge in [-0.25, -0.2) is 0 Å². The number of nitrogens with zero attached hydrogens (tertiary/aromatic N) is 3. The first-order valence-corrected chi connectivity index (χ1v) is 9.05. The van der Waals surface area contributed by atoms with Crippen LogP contribution in [0.25, 0.3) is 22.0 Å². The first-order valence-electron chi connectivity index (χ1n) is 9.05. The summed E-state index contributed by atoms with van der Waals surface area (Å²) in [7, 11) is 3.09. The standard InChI is InChI=1S/C21H21N5O3/c1-4-9-24-21(27)20-18(23)15-7-5-12(11-22)17(19(15)25-26-20)14-8-6-13(28-2)10-16(14)29-3/h5-8,10H,4,9H2,1-3H3,(H2,23,25)(H,24,27). The molecule has 8 nitrogen and oxygen atoms in total. The number of ether oxygens (including phenoxy) is 2. The zero-order valence-corrected chi connectivity index (χ0v) is 16.4. The highest BCUT2D eigenvalue weighted by atomic mass is 16.5. The van der Waals surface area contributed by atoms with Gasteiger partial charge in [-0.2, -0.15) is 5.26 Å². The summed E-state index contributed by atoms with van der Waals surface area (Å²) in [5.74, 6) is 0.745. The number of nitriles is 1. The van der Waals surface area contributed by atoms with Crippen LogP contribution in [0.4, 0.5) is 5.69 Å². The Hall–Kier alpha value is -3.86. The Balaban J connectivity index is 2.26. The van der Waals surface area contributed by atoms with Crippen LogP contribution < -0.4 is 20.5 Å². The van der Waals surface area contributed by atoms with Gasteiger partial charge in [0.15, 0.2) is 5.69 Å². The lowest BCUT2D eigenvalue weighted by atomic mass is 9.95. The van der Waals surface area contributed by atoms with Gasteiger partial charge in [0.1, 0.15) is 17.0 Å².